The van der Waals surface area contributed by atoms with E-state index in [1.165, 1.54) is 6.07 Å². The molecule has 0 aliphatic heterocycles. The van der Waals surface area contributed by atoms with Crippen LogP contribution in [0.5, 0.6) is 0 Å². The van der Waals surface area contributed by atoms with E-state index in [1.807, 2.05) is 0 Å². The summed E-state index contributed by atoms with van der Waals surface area (Å²) in [6.45, 7) is 0. The second-order valence-electron chi connectivity index (χ2n) is 4.13. The maximum Gasteiger partial charge on any atom is 0.162 e. The molecule has 1 unspecified atom stereocenters. The second-order valence-corrected chi connectivity index (χ2v) is 4.54. The van der Waals surface area contributed by atoms with Crippen LogP contribution in [0.3, 0.4) is 0 Å². The van der Waals surface area contributed by atoms with Crippen molar-refractivity contribution in [2.24, 2.45) is 0 Å². The summed E-state index contributed by atoms with van der Waals surface area (Å²) < 4.78 is 26.8. The highest BCUT2D eigenvalue weighted by Gasteiger charge is 2.17. The van der Waals surface area contributed by atoms with Gasteiger partial charge in [0, 0.05) is 6.20 Å². The third-order valence-corrected chi connectivity index (χ3v) is 3.24. The van der Waals surface area contributed by atoms with Crippen LogP contribution in [0.4, 0.5) is 8.78 Å². The standard InChI is InChI=1S/C14H13ClF2N2/c1-18-12(14-10(15)5-3-7-19-14)8-9-4-2-6-11(16)13(9)17/h2-7,12,18H,8H2,1H3. The van der Waals surface area contributed by atoms with E-state index in [-0.39, 0.29) is 12.5 Å². The topological polar surface area (TPSA) is 24.9 Å². The van der Waals surface area contributed by atoms with Gasteiger partial charge in [-0.3, -0.25) is 4.98 Å². The summed E-state index contributed by atoms with van der Waals surface area (Å²) in [5, 5.41) is 3.52. The first-order chi connectivity index (χ1) is 9.13. The van der Waals surface area contributed by atoms with Gasteiger partial charge in [0.15, 0.2) is 11.6 Å². The van der Waals surface area contributed by atoms with E-state index in [4.69, 9.17) is 11.6 Å². The molecule has 0 saturated heterocycles. The highest BCUT2D eigenvalue weighted by Crippen LogP contribution is 2.24. The number of hydrogen-bond donors (Lipinski definition) is 1. The Bertz CT molecular complexity index is 575. The maximum atomic E-state index is 13.7. The Kier molecular flexibility index (Phi) is 4.45. The molecule has 5 heteroatoms. The number of nitrogens with one attached hydrogen (secondary N) is 1. The van der Waals surface area contributed by atoms with Gasteiger partial charge in [0.25, 0.3) is 0 Å². The average molecular weight is 283 g/mol. The van der Waals surface area contributed by atoms with Gasteiger partial charge in [0.2, 0.25) is 0 Å². The van der Waals surface area contributed by atoms with E-state index in [0.717, 1.165) is 6.07 Å². The predicted molar refractivity (Wildman–Crippen MR) is 71.1 cm³/mol. The molecule has 19 heavy (non-hydrogen) atoms. The fraction of sp³-hybridized carbons (Fsp3) is 0.214. The van der Waals surface area contributed by atoms with Crippen LogP contribution in [-0.2, 0) is 6.42 Å². The summed E-state index contributed by atoms with van der Waals surface area (Å²) in [5.74, 6) is -1.67. The molecular formula is C14H13ClF2N2. The molecule has 100 valence electrons. The molecule has 0 fully saturated rings. The number of pyridine rings is 1. The number of benzene rings is 1. The zero-order valence-corrected chi connectivity index (χ0v) is 11.1. The minimum absolute atomic E-state index is 0.273. The van der Waals surface area contributed by atoms with Gasteiger partial charge >= 0.3 is 0 Å². The molecular weight excluding hydrogens is 270 g/mol. The van der Waals surface area contributed by atoms with Crippen molar-refractivity contribution in [1.82, 2.24) is 10.3 Å². The molecule has 1 aromatic heterocycles. The number of rotatable bonds is 4. The Labute approximate surface area is 115 Å². The Morgan fingerprint density at radius 3 is 2.74 bits per heavy atom. The minimum atomic E-state index is -0.848. The summed E-state index contributed by atoms with van der Waals surface area (Å²) >= 11 is 6.06. The van der Waals surface area contributed by atoms with E-state index in [1.54, 1.807) is 31.4 Å². The number of aromatic nitrogens is 1. The smallest absolute Gasteiger partial charge is 0.162 e. The minimum Gasteiger partial charge on any atom is -0.311 e. The van der Waals surface area contributed by atoms with E-state index in [9.17, 15) is 8.78 Å². The molecule has 2 aromatic rings. The Morgan fingerprint density at radius 2 is 2.05 bits per heavy atom. The lowest BCUT2D eigenvalue weighted by Crippen LogP contribution is -2.21. The number of nitrogens with zero attached hydrogens (tertiary/aromatic N) is 1. The van der Waals surface area contributed by atoms with Crippen LogP contribution in [0.15, 0.2) is 36.5 Å². The van der Waals surface area contributed by atoms with Crippen LogP contribution in [0, 0.1) is 11.6 Å². The molecule has 0 amide bonds. The summed E-state index contributed by atoms with van der Waals surface area (Å²) in [6.07, 6.45) is 1.89. The quantitative estimate of drug-likeness (QED) is 0.928. The van der Waals surface area contributed by atoms with E-state index >= 15 is 0 Å². The summed E-state index contributed by atoms with van der Waals surface area (Å²) in [6, 6.07) is 7.31. The molecule has 0 aliphatic carbocycles. The second kappa shape index (κ2) is 6.08. The SMILES string of the molecule is CNC(Cc1cccc(F)c1F)c1ncccc1Cl. The van der Waals surface area contributed by atoms with E-state index < -0.39 is 11.6 Å². The molecule has 0 spiro atoms. The van der Waals surface area contributed by atoms with Gasteiger partial charge in [0.05, 0.1) is 16.8 Å². The monoisotopic (exact) mass is 282 g/mol. The van der Waals surface area contributed by atoms with Crippen molar-refractivity contribution in [3.8, 4) is 0 Å². The lowest BCUT2D eigenvalue weighted by molar-refractivity contribution is 0.485. The summed E-state index contributed by atoms with van der Waals surface area (Å²) in [5.41, 5.74) is 0.913. The zero-order valence-electron chi connectivity index (χ0n) is 10.3. The first-order valence-corrected chi connectivity index (χ1v) is 6.22. The van der Waals surface area contributed by atoms with E-state index in [0.29, 0.717) is 16.3 Å². The van der Waals surface area contributed by atoms with Crippen LogP contribution in [-0.4, -0.2) is 12.0 Å². The third kappa shape index (κ3) is 3.08. The van der Waals surface area contributed by atoms with Crippen LogP contribution in [0.25, 0.3) is 0 Å². The first-order valence-electron chi connectivity index (χ1n) is 5.84. The highest BCUT2D eigenvalue weighted by atomic mass is 35.5. The fourth-order valence-corrected chi connectivity index (χ4v) is 2.17. The zero-order chi connectivity index (χ0) is 13.8. The van der Waals surface area contributed by atoms with Gasteiger partial charge < -0.3 is 5.32 Å². The van der Waals surface area contributed by atoms with Gasteiger partial charge in [-0.2, -0.15) is 0 Å². The fourth-order valence-electron chi connectivity index (χ4n) is 1.92. The van der Waals surface area contributed by atoms with Crippen molar-refractivity contribution >= 4 is 11.6 Å². The first kappa shape index (κ1) is 13.9. The van der Waals surface area contributed by atoms with Crippen molar-refractivity contribution in [3.05, 3.63) is 64.4 Å². The number of halogens is 3. The van der Waals surface area contributed by atoms with Gasteiger partial charge in [-0.15, -0.1) is 0 Å². The van der Waals surface area contributed by atoms with Crippen LogP contribution >= 0.6 is 11.6 Å². The van der Waals surface area contributed by atoms with Gasteiger partial charge in [-0.05, 0) is 37.2 Å². The number of hydrogen-bond acceptors (Lipinski definition) is 2. The van der Waals surface area contributed by atoms with Crippen molar-refractivity contribution in [3.63, 3.8) is 0 Å². The van der Waals surface area contributed by atoms with Crippen molar-refractivity contribution in [2.75, 3.05) is 7.05 Å². The lowest BCUT2D eigenvalue weighted by Gasteiger charge is -2.17. The van der Waals surface area contributed by atoms with Crippen molar-refractivity contribution in [1.29, 1.82) is 0 Å². The highest BCUT2D eigenvalue weighted by molar-refractivity contribution is 6.31. The molecule has 0 aliphatic rings. The molecule has 0 saturated carbocycles. The van der Waals surface area contributed by atoms with Crippen molar-refractivity contribution in [2.45, 2.75) is 12.5 Å². The summed E-state index contributed by atoms with van der Waals surface area (Å²) in [7, 11) is 1.73. The summed E-state index contributed by atoms with van der Waals surface area (Å²) in [4.78, 5) is 4.19. The number of likely N-dealkylation sites (N-methyl/N-ethyl adjacent to an activating group) is 1. The largest absolute Gasteiger partial charge is 0.311 e. The maximum absolute atomic E-state index is 13.7. The molecule has 1 aromatic carbocycles. The Balaban J connectivity index is 2.30. The van der Waals surface area contributed by atoms with Crippen molar-refractivity contribution < 1.29 is 8.78 Å². The molecule has 0 bridgehead atoms. The third-order valence-electron chi connectivity index (χ3n) is 2.92. The normalized spacial score (nSPS) is 12.4. The molecule has 2 nitrogen and oxygen atoms in total. The van der Waals surface area contributed by atoms with Crippen LogP contribution < -0.4 is 5.32 Å². The van der Waals surface area contributed by atoms with Crippen LogP contribution in [0.2, 0.25) is 5.02 Å². The lowest BCUT2D eigenvalue weighted by atomic mass is 10.0. The predicted octanol–water partition coefficient (Wildman–Crippen LogP) is 3.52. The van der Waals surface area contributed by atoms with Gasteiger partial charge in [-0.25, -0.2) is 8.78 Å². The van der Waals surface area contributed by atoms with Crippen LogP contribution in [0.1, 0.15) is 17.3 Å². The Hall–Kier alpha value is -1.52. The molecule has 0 radical (unpaired) electrons. The molecule has 1 atom stereocenters. The molecule has 2 rings (SSSR count). The van der Waals surface area contributed by atoms with Gasteiger partial charge in [0.1, 0.15) is 0 Å². The van der Waals surface area contributed by atoms with E-state index in [2.05, 4.69) is 10.3 Å². The molecule has 1 heterocycles. The van der Waals surface area contributed by atoms with Gasteiger partial charge in [-0.1, -0.05) is 23.7 Å². The average Bonchev–Trinajstić information content (AvgIpc) is 2.41. The molecule has 1 N–H and O–H groups in total. The Morgan fingerprint density at radius 1 is 1.26 bits per heavy atom.